The number of hydrogen-bond donors (Lipinski definition) is 2. The number of hydrogen-bond acceptors (Lipinski definition) is 4. The van der Waals surface area contributed by atoms with Crippen LogP contribution in [0.25, 0.3) is 0 Å². The molecule has 0 radical (unpaired) electrons. The van der Waals surface area contributed by atoms with E-state index in [1.807, 2.05) is 0 Å². The molecule has 0 spiro atoms. The van der Waals surface area contributed by atoms with E-state index in [0.29, 0.717) is 11.4 Å². The second kappa shape index (κ2) is 5.55. The van der Waals surface area contributed by atoms with Gasteiger partial charge in [-0.15, -0.1) is 17.0 Å². The highest BCUT2D eigenvalue weighted by Crippen LogP contribution is 1.79. The SMILES string of the molecule is Br.CC(=NO)C(C)=NO. The van der Waals surface area contributed by atoms with Crippen molar-refractivity contribution in [2.45, 2.75) is 13.8 Å². The van der Waals surface area contributed by atoms with Crippen LogP contribution in [0.1, 0.15) is 13.8 Å². The average molecular weight is 197 g/mol. The number of rotatable bonds is 1. The third-order valence-corrected chi connectivity index (χ3v) is 0.824. The first-order valence-electron chi connectivity index (χ1n) is 2.10. The van der Waals surface area contributed by atoms with Gasteiger partial charge in [0.15, 0.2) is 0 Å². The van der Waals surface area contributed by atoms with Crippen LogP contribution >= 0.6 is 17.0 Å². The maximum atomic E-state index is 8.03. The first-order chi connectivity index (χ1) is 3.72. The number of nitrogens with zero attached hydrogens (tertiary/aromatic N) is 2. The molecule has 0 aromatic heterocycles. The Balaban J connectivity index is 0. The molecule has 0 aliphatic carbocycles. The summed E-state index contributed by atoms with van der Waals surface area (Å²) in [5.41, 5.74) is 0.625. The van der Waals surface area contributed by atoms with Crippen LogP contribution in [0, 0.1) is 0 Å². The summed E-state index contributed by atoms with van der Waals surface area (Å²) in [6.07, 6.45) is 0. The number of oxime groups is 2. The van der Waals surface area contributed by atoms with Crippen LogP contribution in [0.5, 0.6) is 0 Å². The van der Waals surface area contributed by atoms with E-state index in [2.05, 4.69) is 10.3 Å². The highest BCUT2D eigenvalue weighted by Gasteiger charge is 1.93. The summed E-state index contributed by atoms with van der Waals surface area (Å²) < 4.78 is 0. The zero-order valence-electron chi connectivity index (χ0n) is 5.20. The molecule has 9 heavy (non-hydrogen) atoms. The van der Waals surface area contributed by atoms with Crippen molar-refractivity contribution in [3.05, 3.63) is 0 Å². The summed E-state index contributed by atoms with van der Waals surface area (Å²) in [5, 5.41) is 21.6. The van der Waals surface area contributed by atoms with Crippen molar-refractivity contribution >= 4 is 28.4 Å². The lowest BCUT2D eigenvalue weighted by Gasteiger charge is -1.88. The molecule has 0 aliphatic heterocycles. The van der Waals surface area contributed by atoms with Crippen molar-refractivity contribution in [3.63, 3.8) is 0 Å². The van der Waals surface area contributed by atoms with E-state index in [9.17, 15) is 0 Å². The van der Waals surface area contributed by atoms with Crippen molar-refractivity contribution in [2.24, 2.45) is 10.3 Å². The Hall–Kier alpha value is -0.580. The first kappa shape index (κ1) is 11.2. The third-order valence-electron chi connectivity index (χ3n) is 0.824. The molecule has 0 saturated heterocycles. The summed E-state index contributed by atoms with van der Waals surface area (Å²) in [6, 6.07) is 0. The van der Waals surface area contributed by atoms with Crippen LogP contribution in [0.15, 0.2) is 10.3 Å². The predicted molar refractivity (Wildman–Crippen MR) is 40.1 cm³/mol. The van der Waals surface area contributed by atoms with Crippen molar-refractivity contribution in [2.75, 3.05) is 0 Å². The van der Waals surface area contributed by atoms with Gasteiger partial charge in [0.25, 0.3) is 0 Å². The molecule has 0 amide bonds. The summed E-state index contributed by atoms with van der Waals surface area (Å²) in [7, 11) is 0. The number of halogens is 1. The Bertz CT molecular complexity index is 117. The standard InChI is InChI=1S/C4H8N2O2.BrH/c1-3(5-7)4(2)6-8;/h7-8H,1-2H3;1H. The van der Waals surface area contributed by atoms with Gasteiger partial charge in [0.1, 0.15) is 11.4 Å². The van der Waals surface area contributed by atoms with E-state index in [0.717, 1.165) is 0 Å². The van der Waals surface area contributed by atoms with Gasteiger partial charge >= 0.3 is 0 Å². The summed E-state index contributed by atoms with van der Waals surface area (Å²) in [6.45, 7) is 3.07. The molecule has 0 saturated carbocycles. The molecule has 5 heteroatoms. The van der Waals surface area contributed by atoms with Crippen molar-refractivity contribution in [1.29, 1.82) is 0 Å². The van der Waals surface area contributed by atoms with Crippen LogP contribution in [-0.4, -0.2) is 21.8 Å². The highest BCUT2D eigenvalue weighted by atomic mass is 79.9. The van der Waals surface area contributed by atoms with Crippen LogP contribution in [0.4, 0.5) is 0 Å². The minimum absolute atomic E-state index is 0. The van der Waals surface area contributed by atoms with Gasteiger partial charge in [-0.2, -0.15) is 0 Å². The van der Waals surface area contributed by atoms with Gasteiger partial charge < -0.3 is 10.4 Å². The summed E-state index contributed by atoms with van der Waals surface area (Å²) >= 11 is 0. The molecule has 2 N–H and O–H groups in total. The second-order valence-electron chi connectivity index (χ2n) is 1.37. The molecular formula is C4H9BrN2O2. The first-order valence-corrected chi connectivity index (χ1v) is 2.10. The van der Waals surface area contributed by atoms with Gasteiger partial charge in [0.2, 0.25) is 0 Å². The summed E-state index contributed by atoms with van der Waals surface area (Å²) in [4.78, 5) is 0. The van der Waals surface area contributed by atoms with E-state index >= 15 is 0 Å². The third kappa shape index (κ3) is 3.96. The monoisotopic (exact) mass is 196 g/mol. The van der Waals surface area contributed by atoms with Crippen molar-refractivity contribution < 1.29 is 10.4 Å². The molecule has 0 unspecified atom stereocenters. The summed E-state index contributed by atoms with van der Waals surface area (Å²) in [5.74, 6) is 0. The molecule has 54 valence electrons. The van der Waals surface area contributed by atoms with Gasteiger partial charge in [-0.3, -0.25) is 0 Å². The minimum Gasteiger partial charge on any atom is -0.411 e. The zero-order chi connectivity index (χ0) is 6.57. The predicted octanol–water partition coefficient (Wildman–Crippen LogP) is 1.26. The Morgan fingerprint density at radius 1 is 1.00 bits per heavy atom. The maximum Gasteiger partial charge on any atom is 0.101 e. The Labute approximate surface area is 63.6 Å². The van der Waals surface area contributed by atoms with E-state index in [-0.39, 0.29) is 17.0 Å². The molecule has 0 aromatic rings. The van der Waals surface area contributed by atoms with Gasteiger partial charge in [-0.1, -0.05) is 10.3 Å². The van der Waals surface area contributed by atoms with E-state index in [4.69, 9.17) is 10.4 Å². The zero-order valence-corrected chi connectivity index (χ0v) is 6.91. The van der Waals surface area contributed by atoms with Crippen LogP contribution in [0.3, 0.4) is 0 Å². The van der Waals surface area contributed by atoms with Gasteiger partial charge in [-0.05, 0) is 13.8 Å². The normalized spacial score (nSPS) is 12.7. The van der Waals surface area contributed by atoms with Crippen LogP contribution in [-0.2, 0) is 0 Å². The lowest BCUT2D eigenvalue weighted by molar-refractivity contribution is 0.313. The van der Waals surface area contributed by atoms with Gasteiger partial charge in [-0.25, -0.2) is 0 Å². The molecule has 0 bridgehead atoms. The molecule has 0 aromatic carbocycles. The van der Waals surface area contributed by atoms with Crippen LogP contribution in [0.2, 0.25) is 0 Å². The quantitative estimate of drug-likeness (QED) is 0.377. The van der Waals surface area contributed by atoms with E-state index in [1.54, 1.807) is 0 Å². The topological polar surface area (TPSA) is 65.2 Å². The fraction of sp³-hybridized carbons (Fsp3) is 0.500. The highest BCUT2D eigenvalue weighted by molar-refractivity contribution is 8.93. The molecule has 0 heterocycles. The van der Waals surface area contributed by atoms with Crippen molar-refractivity contribution in [3.8, 4) is 0 Å². The van der Waals surface area contributed by atoms with Crippen LogP contribution < -0.4 is 0 Å². The largest absolute Gasteiger partial charge is 0.411 e. The lowest BCUT2D eigenvalue weighted by atomic mass is 10.3. The molecule has 0 rings (SSSR count). The fourth-order valence-corrected chi connectivity index (χ4v) is 0.145. The Morgan fingerprint density at radius 2 is 1.22 bits per heavy atom. The molecular weight excluding hydrogens is 188 g/mol. The van der Waals surface area contributed by atoms with E-state index < -0.39 is 0 Å². The molecule has 0 fully saturated rings. The van der Waals surface area contributed by atoms with E-state index in [1.165, 1.54) is 13.8 Å². The average Bonchev–Trinajstić information content (AvgIpc) is 1.84. The molecule has 0 atom stereocenters. The van der Waals surface area contributed by atoms with Gasteiger partial charge in [0, 0.05) is 0 Å². The molecule has 0 aliphatic rings. The second-order valence-corrected chi connectivity index (χ2v) is 1.37. The Morgan fingerprint density at radius 3 is 1.33 bits per heavy atom. The lowest BCUT2D eigenvalue weighted by Crippen LogP contribution is -2.04. The smallest absolute Gasteiger partial charge is 0.101 e. The van der Waals surface area contributed by atoms with Crippen molar-refractivity contribution in [1.82, 2.24) is 0 Å². The fourth-order valence-electron chi connectivity index (χ4n) is 0.145. The van der Waals surface area contributed by atoms with Gasteiger partial charge in [0.05, 0.1) is 0 Å². The maximum absolute atomic E-state index is 8.03. The Kier molecular flexibility index (Phi) is 6.94. The molecule has 4 nitrogen and oxygen atoms in total. The minimum atomic E-state index is 0.